The van der Waals surface area contributed by atoms with Crippen LogP contribution >= 0.6 is 11.6 Å². The molecule has 0 fully saturated rings. The van der Waals surface area contributed by atoms with Gasteiger partial charge in [0, 0.05) is 5.56 Å². The zero-order valence-electron chi connectivity index (χ0n) is 12.3. The molecule has 0 aliphatic rings. The number of rotatable bonds is 4. The van der Waals surface area contributed by atoms with E-state index in [4.69, 9.17) is 16.3 Å². The highest BCUT2D eigenvalue weighted by Crippen LogP contribution is 2.25. The molecule has 110 valence electrons. The van der Waals surface area contributed by atoms with Gasteiger partial charge in [0.05, 0.1) is 18.2 Å². The number of benzene rings is 2. The van der Waals surface area contributed by atoms with Crippen molar-refractivity contribution in [2.24, 2.45) is 0 Å². The Hall–Kier alpha value is -2.00. The van der Waals surface area contributed by atoms with E-state index in [1.807, 2.05) is 38.1 Å². The number of hydrogen-bond acceptors (Lipinski definition) is 2. The molecule has 3 nitrogen and oxygen atoms in total. The summed E-state index contributed by atoms with van der Waals surface area (Å²) in [6, 6.07) is 12.9. The van der Waals surface area contributed by atoms with Crippen LogP contribution in [-0.2, 0) is 0 Å². The molecule has 0 saturated heterocycles. The third-order valence-corrected chi connectivity index (χ3v) is 3.71. The standard InChI is InChI=1S/C17H18ClNO2/c1-11-6-4-5-7-14(11)12(2)19-17(20)13-8-9-16(21-3)15(18)10-13/h4-10,12H,1-3H3,(H,19,20)/t12-/m1/s1. The van der Waals surface area contributed by atoms with Gasteiger partial charge in [0.15, 0.2) is 0 Å². The molecule has 0 aromatic heterocycles. The zero-order chi connectivity index (χ0) is 15.4. The van der Waals surface area contributed by atoms with Crippen molar-refractivity contribution in [3.8, 4) is 5.75 Å². The number of hydrogen-bond donors (Lipinski definition) is 1. The lowest BCUT2D eigenvalue weighted by Crippen LogP contribution is -2.27. The smallest absolute Gasteiger partial charge is 0.251 e. The Bertz CT molecular complexity index is 655. The first kappa shape index (κ1) is 15.4. The molecule has 2 aromatic rings. The molecule has 0 radical (unpaired) electrons. The molecule has 2 aromatic carbocycles. The van der Waals surface area contributed by atoms with Gasteiger partial charge in [-0.2, -0.15) is 0 Å². The second-order valence-corrected chi connectivity index (χ2v) is 5.31. The topological polar surface area (TPSA) is 38.3 Å². The maximum Gasteiger partial charge on any atom is 0.251 e. The highest BCUT2D eigenvalue weighted by Gasteiger charge is 2.14. The fraction of sp³-hybridized carbons (Fsp3) is 0.235. The first-order valence-corrected chi connectivity index (χ1v) is 7.10. The predicted molar refractivity (Wildman–Crippen MR) is 85.1 cm³/mol. The summed E-state index contributed by atoms with van der Waals surface area (Å²) in [5.74, 6) is 0.399. The fourth-order valence-corrected chi connectivity index (χ4v) is 2.50. The fourth-order valence-electron chi connectivity index (χ4n) is 2.24. The third kappa shape index (κ3) is 3.56. The summed E-state index contributed by atoms with van der Waals surface area (Å²) >= 11 is 6.05. The van der Waals surface area contributed by atoms with Gasteiger partial charge in [-0.15, -0.1) is 0 Å². The van der Waals surface area contributed by atoms with Gasteiger partial charge in [0.25, 0.3) is 5.91 Å². The molecule has 2 rings (SSSR count). The van der Waals surface area contributed by atoms with Crippen molar-refractivity contribution in [3.63, 3.8) is 0 Å². The van der Waals surface area contributed by atoms with Gasteiger partial charge in [0.1, 0.15) is 5.75 Å². The monoisotopic (exact) mass is 303 g/mol. The van der Waals surface area contributed by atoms with Crippen LogP contribution in [-0.4, -0.2) is 13.0 Å². The minimum atomic E-state index is -0.157. The molecular formula is C17H18ClNO2. The number of ether oxygens (including phenoxy) is 1. The van der Waals surface area contributed by atoms with Gasteiger partial charge in [-0.3, -0.25) is 4.79 Å². The van der Waals surface area contributed by atoms with Crippen molar-refractivity contribution < 1.29 is 9.53 Å². The molecule has 0 aliphatic carbocycles. The van der Waals surface area contributed by atoms with E-state index < -0.39 is 0 Å². The summed E-state index contributed by atoms with van der Waals surface area (Å²) in [7, 11) is 1.54. The van der Waals surface area contributed by atoms with E-state index >= 15 is 0 Å². The van der Waals surface area contributed by atoms with Crippen LogP contribution in [0.2, 0.25) is 5.02 Å². The SMILES string of the molecule is COc1ccc(C(=O)N[C@H](C)c2ccccc2C)cc1Cl. The number of carbonyl (C=O) groups is 1. The molecule has 0 aliphatic heterocycles. The lowest BCUT2D eigenvalue weighted by molar-refractivity contribution is 0.0940. The molecule has 0 bridgehead atoms. The Kier molecular flexibility index (Phi) is 4.86. The lowest BCUT2D eigenvalue weighted by atomic mass is 10.0. The summed E-state index contributed by atoms with van der Waals surface area (Å²) in [6.07, 6.45) is 0. The zero-order valence-corrected chi connectivity index (χ0v) is 13.1. The van der Waals surface area contributed by atoms with Crippen molar-refractivity contribution in [2.45, 2.75) is 19.9 Å². The highest BCUT2D eigenvalue weighted by molar-refractivity contribution is 6.32. The average molecular weight is 304 g/mol. The van der Waals surface area contributed by atoms with Crippen LogP contribution in [0.25, 0.3) is 0 Å². The van der Waals surface area contributed by atoms with Crippen molar-refractivity contribution in [3.05, 3.63) is 64.2 Å². The van der Waals surface area contributed by atoms with E-state index in [2.05, 4.69) is 5.32 Å². The number of aryl methyl sites for hydroxylation is 1. The minimum absolute atomic E-state index is 0.0698. The molecule has 0 unspecified atom stereocenters. The van der Waals surface area contributed by atoms with Crippen molar-refractivity contribution in [1.82, 2.24) is 5.32 Å². The molecule has 1 amide bonds. The first-order chi connectivity index (χ1) is 10.0. The lowest BCUT2D eigenvalue weighted by Gasteiger charge is -2.17. The summed E-state index contributed by atoms with van der Waals surface area (Å²) in [5.41, 5.74) is 2.77. The number of carbonyl (C=O) groups excluding carboxylic acids is 1. The first-order valence-electron chi connectivity index (χ1n) is 6.73. The maximum absolute atomic E-state index is 12.3. The van der Waals surface area contributed by atoms with E-state index in [1.165, 1.54) is 0 Å². The number of nitrogens with one attached hydrogen (secondary N) is 1. The molecule has 1 atom stereocenters. The van der Waals surface area contributed by atoms with Crippen LogP contribution in [0.3, 0.4) is 0 Å². The summed E-state index contributed by atoms with van der Waals surface area (Å²) in [6.45, 7) is 3.99. The Balaban J connectivity index is 2.14. The van der Waals surface area contributed by atoms with Gasteiger partial charge >= 0.3 is 0 Å². The largest absolute Gasteiger partial charge is 0.495 e. The third-order valence-electron chi connectivity index (χ3n) is 3.42. The van der Waals surface area contributed by atoms with Crippen LogP contribution in [0.15, 0.2) is 42.5 Å². The number of methoxy groups -OCH3 is 1. The molecule has 0 heterocycles. The van der Waals surface area contributed by atoms with E-state index in [9.17, 15) is 4.79 Å². The predicted octanol–water partition coefficient (Wildman–Crippen LogP) is 4.15. The number of amides is 1. The summed E-state index contributed by atoms with van der Waals surface area (Å²) < 4.78 is 5.08. The summed E-state index contributed by atoms with van der Waals surface area (Å²) in [4.78, 5) is 12.3. The van der Waals surface area contributed by atoms with Gasteiger partial charge in [-0.05, 0) is 43.2 Å². The van der Waals surface area contributed by atoms with Crippen molar-refractivity contribution >= 4 is 17.5 Å². The molecule has 1 N–H and O–H groups in total. The second kappa shape index (κ2) is 6.64. The Morgan fingerprint density at radius 1 is 1.24 bits per heavy atom. The van der Waals surface area contributed by atoms with Gasteiger partial charge in [0.2, 0.25) is 0 Å². The van der Waals surface area contributed by atoms with Gasteiger partial charge < -0.3 is 10.1 Å². The Morgan fingerprint density at radius 3 is 2.57 bits per heavy atom. The minimum Gasteiger partial charge on any atom is -0.495 e. The molecule has 0 spiro atoms. The maximum atomic E-state index is 12.3. The van der Waals surface area contributed by atoms with Crippen LogP contribution in [0.5, 0.6) is 5.75 Å². The van der Waals surface area contributed by atoms with E-state index in [-0.39, 0.29) is 11.9 Å². The molecule has 21 heavy (non-hydrogen) atoms. The second-order valence-electron chi connectivity index (χ2n) is 4.90. The molecular weight excluding hydrogens is 286 g/mol. The Labute approximate surface area is 129 Å². The number of halogens is 1. The van der Waals surface area contributed by atoms with Crippen molar-refractivity contribution in [2.75, 3.05) is 7.11 Å². The van der Waals surface area contributed by atoms with Crippen molar-refractivity contribution in [1.29, 1.82) is 0 Å². The van der Waals surface area contributed by atoms with Gasteiger partial charge in [-0.1, -0.05) is 35.9 Å². The molecule has 0 saturated carbocycles. The quantitative estimate of drug-likeness (QED) is 0.921. The normalized spacial score (nSPS) is 11.8. The van der Waals surface area contributed by atoms with Gasteiger partial charge in [-0.25, -0.2) is 0 Å². The van der Waals surface area contributed by atoms with E-state index in [0.717, 1.165) is 11.1 Å². The summed E-state index contributed by atoms with van der Waals surface area (Å²) in [5, 5.41) is 3.40. The van der Waals surface area contributed by atoms with Crippen LogP contribution in [0.4, 0.5) is 0 Å². The molecule has 4 heteroatoms. The van der Waals surface area contributed by atoms with E-state index in [1.54, 1.807) is 25.3 Å². The average Bonchev–Trinajstić information content (AvgIpc) is 2.47. The van der Waals surface area contributed by atoms with Crippen LogP contribution < -0.4 is 10.1 Å². The highest BCUT2D eigenvalue weighted by atomic mass is 35.5. The van der Waals surface area contributed by atoms with Crippen LogP contribution in [0, 0.1) is 6.92 Å². The van der Waals surface area contributed by atoms with Crippen LogP contribution in [0.1, 0.15) is 34.5 Å². The Morgan fingerprint density at radius 2 is 1.95 bits per heavy atom. The van der Waals surface area contributed by atoms with E-state index in [0.29, 0.717) is 16.3 Å².